The molecule has 0 amide bonds. The van der Waals surface area contributed by atoms with E-state index in [-0.39, 0.29) is 0 Å². The van der Waals surface area contributed by atoms with Crippen molar-refractivity contribution in [3.05, 3.63) is 41.4 Å². The molecule has 0 aliphatic heterocycles. The molecule has 0 spiro atoms. The number of oxazole rings is 1. The first-order valence-corrected chi connectivity index (χ1v) is 6.94. The monoisotopic (exact) mass is 278 g/mol. The fourth-order valence-corrected chi connectivity index (χ4v) is 1.98. The van der Waals surface area contributed by atoms with Crippen molar-refractivity contribution in [2.24, 2.45) is 5.92 Å². The number of aromatic nitrogens is 1. The van der Waals surface area contributed by atoms with Crippen LogP contribution in [0.25, 0.3) is 11.3 Å². The molecule has 3 nitrogen and oxygen atoms in total. The first-order valence-electron chi connectivity index (χ1n) is 6.56. The van der Waals surface area contributed by atoms with Gasteiger partial charge in [0, 0.05) is 23.6 Å². The lowest BCUT2D eigenvalue weighted by Gasteiger charge is -2.05. The maximum Gasteiger partial charge on any atom is 0.196 e. The SMILES string of the molecule is CC(C)CNCCc1ncc(-c2cccc(Cl)c2)o1. The van der Waals surface area contributed by atoms with Crippen molar-refractivity contribution in [1.29, 1.82) is 0 Å². The summed E-state index contributed by atoms with van der Waals surface area (Å²) < 4.78 is 5.72. The average molecular weight is 279 g/mol. The second-order valence-electron chi connectivity index (χ2n) is 4.98. The lowest BCUT2D eigenvalue weighted by atomic mass is 10.2. The van der Waals surface area contributed by atoms with E-state index in [0.717, 1.165) is 36.7 Å². The summed E-state index contributed by atoms with van der Waals surface area (Å²) in [7, 11) is 0. The van der Waals surface area contributed by atoms with E-state index in [1.54, 1.807) is 6.20 Å². The van der Waals surface area contributed by atoms with Crippen LogP contribution in [-0.4, -0.2) is 18.1 Å². The maximum atomic E-state index is 5.96. The van der Waals surface area contributed by atoms with E-state index >= 15 is 0 Å². The third-order valence-electron chi connectivity index (χ3n) is 2.73. The molecule has 1 N–H and O–H groups in total. The fourth-order valence-electron chi connectivity index (χ4n) is 1.79. The Kier molecular flexibility index (Phi) is 5.00. The van der Waals surface area contributed by atoms with E-state index in [1.165, 1.54) is 0 Å². The number of halogens is 1. The Morgan fingerprint density at radius 2 is 2.21 bits per heavy atom. The van der Waals surface area contributed by atoms with Crippen LogP contribution >= 0.6 is 11.6 Å². The van der Waals surface area contributed by atoms with Gasteiger partial charge in [-0.25, -0.2) is 4.98 Å². The van der Waals surface area contributed by atoms with Crippen molar-refractivity contribution < 1.29 is 4.42 Å². The summed E-state index contributed by atoms with van der Waals surface area (Å²) in [6.45, 7) is 6.28. The molecule has 4 heteroatoms. The van der Waals surface area contributed by atoms with Gasteiger partial charge in [-0.2, -0.15) is 0 Å². The van der Waals surface area contributed by atoms with E-state index in [2.05, 4.69) is 24.1 Å². The van der Waals surface area contributed by atoms with Crippen LogP contribution in [0.1, 0.15) is 19.7 Å². The molecule has 2 aromatic rings. The zero-order valence-electron chi connectivity index (χ0n) is 11.3. The lowest BCUT2D eigenvalue weighted by Crippen LogP contribution is -2.22. The minimum Gasteiger partial charge on any atom is -0.441 e. The Morgan fingerprint density at radius 1 is 1.37 bits per heavy atom. The highest BCUT2D eigenvalue weighted by molar-refractivity contribution is 6.30. The molecule has 1 heterocycles. The smallest absolute Gasteiger partial charge is 0.196 e. The van der Waals surface area contributed by atoms with Crippen LogP contribution in [0.4, 0.5) is 0 Å². The number of nitrogens with one attached hydrogen (secondary N) is 1. The minimum atomic E-state index is 0.659. The number of nitrogens with zero attached hydrogens (tertiary/aromatic N) is 1. The van der Waals surface area contributed by atoms with Crippen molar-refractivity contribution in [1.82, 2.24) is 10.3 Å². The summed E-state index contributed by atoms with van der Waals surface area (Å²) in [5, 5.41) is 4.07. The summed E-state index contributed by atoms with van der Waals surface area (Å²) in [6.07, 6.45) is 2.55. The first-order chi connectivity index (χ1) is 9.15. The van der Waals surface area contributed by atoms with E-state index in [9.17, 15) is 0 Å². The maximum absolute atomic E-state index is 5.96. The fraction of sp³-hybridized carbons (Fsp3) is 0.400. The van der Waals surface area contributed by atoms with E-state index < -0.39 is 0 Å². The van der Waals surface area contributed by atoms with Crippen LogP contribution in [0.3, 0.4) is 0 Å². The molecule has 19 heavy (non-hydrogen) atoms. The summed E-state index contributed by atoms with van der Waals surface area (Å²) in [4.78, 5) is 4.29. The number of benzene rings is 1. The Bertz CT molecular complexity index is 522. The predicted molar refractivity (Wildman–Crippen MR) is 78.4 cm³/mol. The highest BCUT2D eigenvalue weighted by Gasteiger charge is 2.06. The van der Waals surface area contributed by atoms with Gasteiger partial charge in [-0.05, 0) is 24.6 Å². The highest BCUT2D eigenvalue weighted by Crippen LogP contribution is 2.23. The molecule has 0 radical (unpaired) electrons. The van der Waals surface area contributed by atoms with Crippen LogP contribution in [0.2, 0.25) is 5.02 Å². The topological polar surface area (TPSA) is 38.1 Å². The molecule has 0 saturated heterocycles. The largest absolute Gasteiger partial charge is 0.441 e. The van der Waals surface area contributed by atoms with Crippen molar-refractivity contribution in [2.75, 3.05) is 13.1 Å². The zero-order valence-corrected chi connectivity index (χ0v) is 12.1. The third-order valence-corrected chi connectivity index (χ3v) is 2.97. The van der Waals surface area contributed by atoms with Gasteiger partial charge in [0.2, 0.25) is 0 Å². The Morgan fingerprint density at radius 3 is 2.95 bits per heavy atom. The molecule has 0 aliphatic rings. The normalized spacial score (nSPS) is 11.2. The first kappa shape index (κ1) is 14.1. The van der Waals surface area contributed by atoms with Gasteiger partial charge in [0.25, 0.3) is 0 Å². The van der Waals surface area contributed by atoms with E-state index in [0.29, 0.717) is 10.9 Å². The molecule has 0 saturated carbocycles. The zero-order chi connectivity index (χ0) is 13.7. The second kappa shape index (κ2) is 6.73. The third kappa shape index (κ3) is 4.37. The van der Waals surface area contributed by atoms with Crippen LogP contribution < -0.4 is 5.32 Å². The molecular weight excluding hydrogens is 260 g/mol. The van der Waals surface area contributed by atoms with Gasteiger partial charge in [-0.15, -0.1) is 0 Å². The van der Waals surface area contributed by atoms with Gasteiger partial charge >= 0.3 is 0 Å². The van der Waals surface area contributed by atoms with Gasteiger partial charge in [-0.3, -0.25) is 0 Å². The molecule has 2 rings (SSSR count). The predicted octanol–water partition coefficient (Wildman–Crippen LogP) is 3.78. The molecule has 1 aromatic heterocycles. The van der Waals surface area contributed by atoms with Gasteiger partial charge in [-0.1, -0.05) is 37.6 Å². The average Bonchev–Trinajstić information content (AvgIpc) is 2.83. The highest BCUT2D eigenvalue weighted by atomic mass is 35.5. The van der Waals surface area contributed by atoms with Gasteiger partial charge in [0.15, 0.2) is 11.7 Å². The number of hydrogen-bond acceptors (Lipinski definition) is 3. The van der Waals surface area contributed by atoms with E-state index in [4.69, 9.17) is 16.0 Å². The van der Waals surface area contributed by atoms with Gasteiger partial charge < -0.3 is 9.73 Å². The summed E-state index contributed by atoms with van der Waals surface area (Å²) in [6, 6.07) is 7.60. The van der Waals surface area contributed by atoms with Gasteiger partial charge in [0.1, 0.15) is 0 Å². The second-order valence-corrected chi connectivity index (χ2v) is 5.41. The van der Waals surface area contributed by atoms with E-state index in [1.807, 2.05) is 24.3 Å². The molecule has 0 fully saturated rings. The lowest BCUT2D eigenvalue weighted by molar-refractivity contribution is 0.483. The van der Waals surface area contributed by atoms with Crippen molar-refractivity contribution in [2.45, 2.75) is 20.3 Å². The minimum absolute atomic E-state index is 0.659. The van der Waals surface area contributed by atoms with Crippen molar-refractivity contribution in [3.8, 4) is 11.3 Å². The quantitative estimate of drug-likeness (QED) is 0.817. The van der Waals surface area contributed by atoms with Gasteiger partial charge in [0.05, 0.1) is 6.20 Å². The van der Waals surface area contributed by atoms with Crippen LogP contribution in [0.15, 0.2) is 34.9 Å². The summed E-state index contributed by atoms with van der Waals surface area (Å²) >= 11 is 5.96. The molecule has 0 atom stereocenters. The number of hydrogen-bond donors (Lipinski definition) is 1. The van der Waals surface area contributed by atoms with Crippen molar-refractivity contribution in [3.63, 3.8) is 0 Å². The molecule has 0 aliphatic carbocycles. The molecule has 1 aromatic carbocycles. The summed E-state index contributed by atoms with van der Waals surface area (Å²) in [5.41, 5.74) is 0.960. The Labute approximate surface area is 119 Å². The molecule has 0 unspecified atom stereocenters. The standard InChI is InChI=1S/C15H19ClN2O/c1-11(2)9-17-7-6-15-18-10-14(19-15)12-4-3-5-13(16)8-12/h3-5,8,10-11,17H,6-7,9H2,1-2H3. The number of rotatable bonds is 6. The van der Waals surface area contributed by atoms with Crippen molar-refractivity contribution >= 4 is 11.6 Å². The summed E-state index contributed by atoms with van der Waals surface area (Å²) in [5.74, 6) is 2.18. The Balaban J connectivity index is 1.92. The van der Waals surface area contributed by atoms with Crippen LogP contribution in [-0.2, 0) is 6.42 Å². The van der Waals surface area contributed by atoms with Crippen LogP contribution in [0.5, 0.6) is 0 Å². The van der Waals surface area contributed by atoms with Crippen LogP contribution in [0, 0.1) is 5.92 Å². The molecular formula is C15H19ClN2O. The molecule has 0 bridgehead atoms. The Hall–Kier alpha value is -1.32. The molecule has 102 valence electrons.